The molecule has 0 unspecified atom stereocenters. The summed E-state index contributed by atoms with van der Waals surface area (Å²) in [6.45, 7) is 4.29. The lowest BCUT2D eigenvalue weighted by atomic mass is 9.81. The van der Waals surface area contributed by atoms with Crippen molar-refractivity contribution in [2.75, 3.05) is 5.75 Å². The average Bonchev–Trinajstić information content (AvgIpc) is 2.59. The minimum absolute atomic E-state index is 0.150. The molecule has 2 N–H and O–H groups in total. The van der Waals surface area contributed by atoms with Gasteiger partial charge in [-0.25, -0.2) is 4.79 Å². The molecule has 2 aromatic carbocycles. The summed E-state index contributed by atoms with van der Waals surface area (Å²) < 4.78 is 0. The number of aliphatic hydroxyl groups excluding tert-OH is 1. The third-order valence-corrected chi connectivity index (χ3v) is 5.63. The minimum atomic E-state index is -1.01. The van der Waals surface area contributed by atoms with Crippen LogP contribution < -0.4 is 0 Å². The number of hydrogen-bond acceptors (Lipinski definition) is 3. The molecule has 0 radical (unpaired) electrons. The van der Waals surface area contributed by atoms with Crippen molar-refractivity contribution in [3.8, 4) is 11.8 Å². The highest BCUT2D eigenvalue weighted by atomic mass is 32.2. The summed E-state index contributed by atoms with van der Waals surface area (Å²) in [4.78, 5) is 12.4. The van der Waals surface area contributed by atoms with Gasteiger partial charge in [0.15, 0.2) is 0 Å². The number of aromatic carboxylic acids is 1. The molecule has 0 atom stereocenters. The Hall–Kier alpha value is -2.22. The standard InChI is InChI=1S/C21H20O3S/c1-21(2)9-10-25-19-8-4-14(11-18(19)21)3-5-15-6-7-16(20(23)24)12-17(15)13-22/h4,6-8,11-12,22H,9-10,13H2,1-2H3,(H,23,24). The van der Waals surface area contributed by atoms with Gasteiger partial charge in [0.2, 0.25) is 0 Å². The van der Waals surface area contributed by atoms with Crippen molar-refractivity contribution in [2.24, 2.45) is 0 Å². The average molecular weight is 352 g/mol. The molecule has 0 bridgehead atoms. The maximum atomic E-state index is 11.0. The summed E-state index contributed by atoms with van der Waals surface area (Å²) in [7, 11) is 0. The van der Waals surface area contributed by atoms with E-state index in [1.807, 2.05) is 17.8 Å². The second-order valence-corrected chi connectivity index (χ2v) is 7.92. The molecule has 0 spiro atoms. The summed E-state index contributed by atoms with van der Waals surface area (Å²) in [5, 5.41) is 18.5. The van der Waals surface area contributed by atoms with E-state index in [-0.39, 0.29) is 17.6 Å². The molecular formula is C21H20O3S. The van der Waals surface area contributed by atoms with Crippen LogP contribution in [-0.4, -0.2) is 21.9 Å². The Morgan fingerprint density at radius 2 is 2.00 bits per heavy atom. The van der Waals surface area contributed by atoms with Crippen LogP contribution in [0, 0.1) is 11.8 Å². The minimum Gasteiger partial charge on any atom is -0.478 e. The van der Waals surface area contributed by atoms with Crippen LogP contribution in [-0.2, 0) is 12.0 Å². The van der Waals surface area contributed by atoms with Crippen molar-refractivity contribution >= 4 is 17.7 Å². The number of carbonyl (C=O) groups is 1. The number of carboxylic acid groups (broad SMARTS) is 1. The lowest BCUT2D eigenvalue weighted by molar-refractivity contribution is 0.0696. The lowest BCUT2D eigenvalue weighted by Gasteiger charge is -2.32. The first-order valence-electron chi connectivity index (χ1n) is 8.17. The second-order valence-electron chi connectivity index (χ2n) is 6.78. The van der Waals surface area contributed by atoms with Gasteiger partial charge in [-0.15, -0.1) is 11.8 Å². The zero-order valence-corrected chi connectivity index (χ0v) is 15.1. The van der Waals surface area contributed by atoms with Crippen molar-refractivity contribution in [1.82, 2.24) is 0 Å². The van der Waals surface area contributed by atoms with Crippen molar-refractivity contribution in [3.63, 3.8) is 0 Å². The topological polar surface area (TPSA) is 57.5 Å². The van der Waals surface area contributed by atoms with Crippen molar-refractivity contribution in [2.45, 2.75) is 37.2 Å². The Morgan fingerprint density at radius 3 is 2.72 bits per heavy atom. The maximum absolute atomic E-state index is 11.0. The highest BCUT2D eigenvalue weighted by Gasteiger charge is 2.27. The van der Waals surface area contributed by atoms with E-state index in [4.69, 9.17) is 5.11 Å². The van der Waals surface area contributed by atoms with Gasteiger partial charge < -0.3 is 10.2 Å². The normalized spacial score (nSPS) is 15.0. The molecule has 4 heteroatoms. The highest BCUT2D eigenvalue weighted by molar-refractivity contribution is 7.99. The fourth-order valence-corrected chi connectivity index (χ4v) is 4.42. The van der Waals surface area contributed by atoms with Crippen LogP contribution in [0.15, 0.2) is 41.3 Å². The Morgan fingerprint density at radius 1 is 1.20 bits per heavy atom. The lowest BCUT2D eigenvalue weighted by Crippen LogP contribution is -2.22. The molecule has 25 heavy (non-hydrogen) atoms. The molecule has 2 aromatic rings. The van der Waals surface area contributed by atoms with Crippen LogP contribution in [0.25, 0.3) is 0 Å². The number of fused-ring (bicyclic) bond motifs is 1. The van der Waals surface area contributed by atoms with Gasteiger partial charge in [0.05, 0.1) is 12.2 Å². The molecule has 3 nitrogen and oxygen atoms in total. The van der Waals surface area contributed by atoms with E-state index in [0.29, 0.717) is 11.1 Å². The quantitative estimate of drug-likeness (QED) is 0.801. The summed E-state index contributed by atoms with van der Waals surface area (Å²) in [6.07, 6.45) is 1.15. The van der Waals surface area contributed by atoms with E-state index in [1.54, 1.807) is 6.07 Å². The largest absolute Gasteiger partial charge is 0.478 e. The fourth-order valence-electron chi connectivity index (χ4n) is 2.93. The van der Waals surface area contributed by atoms with E-state index in [2.05, 4.69) is 37.8 Å². The van der Waals surface area contributed by atoms with Gasteiger partial charge in [0.1, 0.15) is 0 Å². The molecule has 0 saturated carbocycles. The van der Waals surface area contributed by atoms with Gasteiger partial charge in [0, 0.05) is 16.0 Å². The molecule has 1 heterocycles. The monoisotopic (exact) mass is 352 g/mol. The van der Waals surface area contributed by atoms with Crippen LogP contribution in [0.1, 0.15) is 52.9 Å². The van der Waals surface area contributed by atoms with E-state index >= 15 is 0 Å². The first-order valence-corrected chi connectivity index (χ1v) is 9.16. The summed E-state index contributed by atoms with van der Waals surface area (Å²) >= 11 is 1.89. The number of carboxylic acids is 1. The smallest absolute Gasteiger partial charge is 0.335 e. The van der Waals surface area contributed by atoms with E-state index < -0.39 is 5.97 Å². The van der Waals surface area contributed by atoms with Gasteiger partial charge in [0.25, 0.3) is 0 Å². The predicted octanol–water partition coefficient (Wildman–Crippen LogP) is 4.05. The number of benzene rings is 2. The predicted molar refractivity (Wildman–Crippen MR) is 100 cm³/mol. The second kappa shape index (κ2) is 6.95. The van der Waals surface area contributed by atoms with E-state index in [1.165, 1.54) is 22.6 Å². The Labute approximate surface area is 152 Å². The first kappa shape index (κ1) is 17.6. The molecule has 0 aliphatic carbocycles. The third kappa shape index (κ3) is 3.73. The van der Waals surface area contributed by atoms with E-state index in [9.17, 15) is 9.90 Å². The van der Waals surface area contributed by atoms with Gasteiger partial charge >= 0.3 is 5.97 Å². The van der Waals surface area contributed by atoms with Crippen LogP contribution in [0.4, 0.5) is 0 Å². The third-order valence-electron chi connectivity index (χ3n) is 4.56. The van der Waals surface area contributed by atoms with Gasteiger partial charge in [-0.2, -0.15) is 0 Å². The molecule has 3 rings (SSSR count). The van der Waals surface area contributed by atoms with Crippen LogP contribution in [0.2, 0.25) is 0 Å². The molecule has 0 fully saturated rings. The van der Waals surface area contributed by atoms with Crippen LogP contribution in [0.5, 0.6) is 0 Å². The molecule has 0 saturated heterocycles. The van der Waals surface area contributed by atoms with Gasteiger partial charge in [-0.1, -0.05) is 25.7 Å². The number of rotatable bonds is 2. The van der Waals surface area contributed by atoms with Gasteiger partial charge in [-0.3, -0.25) is 0 Å². The van der Waals surface area contributed by atoms with Crippen molar-refractivity contribution in [1.29, 1.82) is 0 Å². The summed E-state index contributed by atoms with van der Waals surface area (Å²) in [5.74, 6) is 6.35. The zero-order chi connectivity index (χ0) is 18.0. The molecular weight excluding hydrogens is 332 g/mol. The number of hydrogen-bond donors (Lipinski definition) is 2. The summed E-state index contributed by atoms with van der Waals surface area (Å²) in [5.41, 5.74) is 3.75. The van der Waals surface area contributed by atoms with Gasteiger partial charge in [-0.05, 0) is 65.1 Å². The molecule has 128 valence electrons. The van der Waals surface area contributed by atoms with Crippen molar-refractivity contribution < 1.29 is 15.0 Å². The number of aliphatic hydroxyl groups is 1. The molecule has 0 aromatic heterocycles. The van der Waals surface area contributed by atoms with Crippen LogP contribution in [0.3, 0.4) is 0 Å². The molecule has 1 aliphatic rings. The Bertz CT molecular complexity index is 888. The summed E-state index contributed by atoms with van der Waals surface area (Å²) in [6, 6.07) is 10.9. The van der Waals surface area contributed by atoms with E-state index in [0.717, 1.165) is 17.7 Å². The highest BCUT2D eigenvalue weighted by Crippen LogP contribution is 2.41. The van der Waals surface area contributed by atoms with Crippen LogP contribution >= 0.6 is 11.8 Å². The number of thioether (sulfide) groups is 1. The first-order chi connectivity index (χ1) is 11.9. The van der Waals surface area contributed by atoms with Crippen molar-refractivity contribution in [3.05, 3.63) is 64.2 Å². The maximum Gasteiger partial charge on any atom is 0.335 e. The Kier molecular flexibility index (Phi) is 4.89. The fraction of sp³-hybridized carbons (Fsp3) is 0.286. The Balaban J connectivity index is 1.96. The molecule has 1 aliphatic heterocycles. The zero-order valence-electron chi connectivity index (χ0n) is 14.3. The SMILES string of the molecule is CC1(C)CCSc2ccc(C#Cc3ccc(C(=O)O)cc3CO)cc21. The molecule has 0 amide bonds.